The van der Waals surface area contributed by atoms with Crippen LogP contribution in [0.2, 0.25) is 19.6 Å². The van der Waals surface area contributed by atoms with E-state index in [1.807, 2.05) is 24.3 Å². The van der Waals surface area contributed by atoms with Crippen molar-refractivity contribution < 1.29 is 0 Å². The van der Waals surface area contributed by atoms with E-state index in [9.17, 15) is 0 Å². The fourth-order valence-corrected chi connectivity index (χ4v) is 2.17. The van der Waals surface area contributed by atoms with Gasteiger partial charge in [0.05, 0.1) is 5.69 Å². The Morgan fingerprint density at radius 3 is 2.41 bits per heavy atom. The molecule has 0 fully saturated rings. The van der Waals surface area contributed by atoms with Crippen LogP contribution in [0.3, 0.4) is 0 Å². The first kappa shape index (κ1) is 11.8. The molecule has 2 aromatic rings. The molecule has 0 bridgehead atoms. The molecule has 0 aliphatic heterocycles. The molecule has 0 saturated carbocycles. The lowest BCUT2D eigenvalue weighted by Crippen LogP contribution is -2.16. The lowest BCUT2D eigenvalue weighted by Gasteiger charge is -2.06. The van der Waals surface area contributed by atoms with Crippen LogP contribution in [0.5, 0.6) is 0 Å². The fourth-order valence-electron chi connectivity index (χ4n) is 1.66. The highest BCUT2D eigenvalue weighted by atomic mass is 28.3. The maximum Gasteiger partial charge on any atom is 0.129 e. The van der Waals surface area contributed by atoms with Crippen molar-refractivity contribution in [3.63, 3.8) is 0 Å². The van der Waals surface area contributed by atoms with E-state index in [0.717, 1.165) is 16.6 Å². The first-order valence-corrected chi connectivity index (χ1v) is 9.28. The highest BCUT2D eigenvalue weighted by Crippen LogP contribution is 2.24. The van der Waals surface area contributed by atoms with Crippen molar-refractivity contribution >= 4 is 24.5 Å². The standard InChI is InChI=1S/C15H17NSi/c1-17(2,3)11-10-13-9-8-12-6-4-5-7-14(12)15(13)16/h4-9H,16H2,1-3H3. The van der Waals surface area contributed by atoms with Gasteiger partial charge in [-0.05, 0) is 11.5 Å². The quantitative estimate of drug-likeness (QED) is 0.424. The van der Waals surface area contributed by atoms with E-state index in [2.05, 4.69) is 43.2 Å². The molecule has 0 aromatic heterocycles. The zero-order chi connectivity index (χ0) is 12.5. The Morgan fingerprint density at radius 2 is 1.71 bits per heavy atom. The third-order valence-electron chi connectivity index (χ3n) is 2.54. The first-order chi connectivity index (χ1) is 7.97. The number of nitrogen functional groups attached to an aromatic ring is 1. The molecule has 0 unspecified atom stereocenters. The van der Waals surface area contributed by atoms with Crippen LogP contribution in [0, 0.1) is 11.5 Å². The molecule has 0 saturated heterocycles. The van der Waals surface area contributed by atoms with E-state index in [-0.39, 0.29) is 0 Å². The highest BCUT2D eigenvalue weighted by Gasteiger charge is 2.08. The van der Waals surface area contributed by atoms with Crippen LogP contribution in [0.25, 0.3) is 10.8 Å². The van der Waals surface area contributed by atoms with Crippen LogP contribution in [-0.4, -0.2) is 8.07 Å². The molecule has 0 aliphatic rings. The summed E-state index contributed by atoms with van der Waals surface area (Å²) in [4.78, 5) is 0. The molecule has 2 heteroatoms. The van der Waals surface area contributed by atoms with Gasteiger partial charge in [0.15, 0.2) is 0 Å². The van der Waals surface area contributed by atoms with Gasteiger partial charge in [-0.2, -0.15) is 0 Å². The predicted octanol–water partition coefficient (Wildman–Crippen LogP) is 3.65. The number of hydrogen-bond acceptors (Lipinski definition) is 1. The van der Waals surface area contributed by atoms with Gasteiger partial charge in [0.25, 0.3) is 0 Å². The molecule has 86 valence electrons. The Labute approximate surface area is 104 Å². The molecule has 0 aliphatic carbocycles. The van der Waals surface area contributed by atoms with Gasteiger partial charge in [0.2, 0.25) is 0 Å². The normalized spacial score (nSPS) is 11.0. The van der Waals surface area contributed by atoms with Crippen LogP contribution in [0.4, 0.5) is 5.69 Å². The van der Waals surface area contributed by atoms with E-state index in [1.165, 1.54) is 5.39 Å². The van der Waals surface area contributed by atoms with Crippen molar-refractivity contribution in [2.45, 2.75) is 19.6 Å². The highest BCUT2D eigenvalue weighted by molar-refractivity contribution is 6.83. The summed E-state index contributed by atoms with van der Waals surface area (Å²) in [5.74, 6) is 3.23. The van der Waals surface area contributed by atoms with Gasteiger partial charge in [0.1, 0.15) is 8.07 Å². The third-order valence-corrected chi connectivity index (χ3v) is 3.42. The number of anilines is 1. The van der Waals surface area contributed by atoms with Gasteiger partial charge in [-0.3, -0.25) is 0 Å². The summed E-state index contributed by atoms with van der Waals surface area (Å²) < 4.78 is 0. The van der Waals surface area contributed by atoms with Crippen molar-refractivity contribution in [2.75, 3.05) is 5.73 Å². The Balaban J connectivity index is 2.56. The van der Waals surface area contributed by atoms with Crippen LogP contribution < -0.4 is 5.73 Å². The Bertz CT molecular complexity index is 612. The topological polar surface area (TPSA) is 26.0 Å². The summed E-state index contributed by atoms with van der Waals surface area (Å²) in [6.07, 6.45) is 0. The molecular formula is C15H17NSi. The SMILES string of the molecule is C[Si](C)(C)C#Cc1ccc2ccccc2c1N. The van der Waals surface area contributed by atoms with E-state index in [4.69, 9.17) is 5.73 Å². The zero-order valence-electron chi connectivity index (χ0n) is 10.5. The van der Waals surface area contributed by atoms with E-state index >= 15 is 0 Å². The summed E-state index contributed by atoms with van der Waals surface area (Å²) in [6.45, 7) is 6.70. The van der Waals surface area contributed by atoms with Crippen LogP contribution >= 0.6 is 0 Å². The minimum Gasteiger partial charge on any atom is -0.397 e. The molecule has 0 spiro atoms. The molecule has 2 aromatic carbocycles. The van der Waals surface area contributed by atoms with Crippen LogP contribution in [0.1, 0.15) is 5.56 Å². The lowest BCUT2D eigenvalue weighted by atomic mass is 10.0. The summed E-state index contributed by atoms with van der Waals surface area (Å²) in [5, 5.41) is 2.26. The van der Waals surface area contributed by atoms with Crippen molar-refractivity contribution in [1.29, 1.82) is 0 Å². The fraction of sp³-hybridized carbons (Fsp3) is 0.200. The molecule has 0 amide bonds. The number of benzene rings is 2. The van der Waals surface area contributed by atoms with Gasteiger partial charge in [-0.25, -0.2) is 0 Å². The molecule has 2 N–H and O–H groups in total. The number of nitrogens with two attached hydrogens (primary N) is 1. The number of rotatable bonds is 0. The minimum atomic E-state index is -1.35. The van der Waals surface area contributed by atoms with Gasteiger partial charge in [0, 0.05) is 10.9 Å². The summed E-state index contributed by atoms with van der Waals surface area (Å²) in [5.41, 5.74) is 11.3. The average molecular weight is 239 g/mol. The maximum atomic E-state index is 6.16. The second kappa shape index (κ2) is 4.27. The number of hydrogen-bond donors (Lipinski definition) is 1. The second-order valence-electron chi connectivity index (χ2n) is 5.25. The molecule has 0 radical (unpaired) electrons. The Kier molecular flexibility index (Phi) is 2.95. The van der Waals surface area contributed by atoms with Crippen molar-refractivity contribution in [1.82, 2.24) is 0 Å². The monoisotopic (exact) mass is 239 g/mol. The van der Waals surface area contributed by atoms with E-state index in [0.29, 0.717) is 0 Å². The summed E-state index contributed by atoms with van der Waals surface area (Å²) >= 11 is 0. The Morgan fingerprint density at radius 1 is 1.00 bits per heavy atom. The molecular weight excluding hydrogens is 222 g/mol. The van der Waals surface area contributed by atoms with Crippen molar-refractivity contribution in [2.24, 2.45) is 0 Å². The minimum absolute atomic E-state index is 0.800. The smallest absolute Gasteiger partial charge is 0.129 e. The lowest BCUT2D eigenvalue weighted by molar-refractivity contribution is 1.67. The van der Waals surface area contributed by atoms with Gasteiger partial charge >= 0.3 is 0 Å². The second-order valence-corrected chi connectivity index (χ2v) is 10.00. The van der Waals surface area contributed by atoms with Crippen molar-refractivity contribution in [3.05, 3.63) is 42.0 Å². The molecule has 0 atom stereocenters. The zero-order valence-corrected chi connectivity index (χ0v) is 11.5. The van der Waals surface area contributed by atoms with Crippen LogP contribution in [0.15, 0.2) is 36.4 Å². The van der Waals surface area contributed by atoms with E-state index < -0.39 is 8.07 Å². The average Bonchev–Trinajstić information content (AvgIpc) is 2.27. The van der Waals surface area contributed by atoms with E-state index in [1.54, 1.807) is 0 Å². The Hall–Kier alpha value is -1.72. The molecule has 0 heterocycles. The molecule has 1 nitrogen and oxygen atoms in total. The van der Waals surface area contributed by atoms with Gasteiger partial charge in [-0.15, -0.1) is 5.54 Å². The van der Waals surface area contributed by atoms with Gasteiger partial charge in [-0.1, -0.05) is 55.9 Å². The van der Waals surface area contributed by atoms with Crippen LogP contribution in [-0.2, 0) is 0 Å². The maximum absolute atomic E-state index is 6.16. The summed E-state index contributed by atoms with van der Waals surface area (Å²) in [6, 6.07) is 12.3. The first-order valence-electron chi connectivity index (χ1n) is 5.78. The third kappa shape index (κ3) is 2.69. The largest absolute Gasteiger partial charge is 0.397 e. The predicted molar refractivity (Wildman–Crippen MR) is 78.6 cm³/mol. The molecule has 17 heavy (non-hydrogen) atoms. The number of fused-ring (bicyclic) bond motifs is 1. The summed E-state index contributed by atoms with van der Waals surface area (Å²) in [7, 11) is -1.35. The van der Waals surface area contributed by atoms with Crippen molar-refractivity contribution in [3.8, 4) is 11.5 Å². The molecule has 2 rings (SSSR count). The van der Waals surface area contributed by atoms with Gasteiger partial charge < -0.3 is 5.73 Å².